The number of urea groups is 1. The minimum Gasteiger partial charge on any atom is -0.494 e. The lowest BCUT2D eigenvalue weighted by Crippen LogP contribution is -2.44. The maximum absolute atomic E-state index is 13.9. The number of benzene rings is 2. The molecule has 0 radical (unpaired) electrons. The molecule has 138 valence electrons. The Morgan fingerprint density at radius 1 is 1.19 bits per heavy atom. The Balaban J connectivity index is 2.25. The first kappa shape index (κ1) is 19.4. The van der Waals surface area contributed by atoms with Crippen molar-refractivity contribution in [3.8, 4) is 5.75 Å². The van der Waals surface area contributed by atoms with E-state index in [1.54, 1.807) is 36.2 Å². The van der Waals surface area contributed by atoms with E-state index < -0.39 is 23.8 Å². The van der Waals surface area contributed by atoms with Gasteiger partial charge >= 0.3 is 6.03 Å². The van der Waals surface area contributed by atoms with Crippen LogP contribution >= 0.6 is 0 Å². The van der Waals surface area contributed by atoms with Crippen LogP contribution in [0.4, 0.5) is 9.18 Å². The number of hydrogen-bond acceptors (Lipinski definition) is 4. The first-order chi connectivity index (χ1) is 12.5. The Hall–Kier alpha value is -2.93. The Labute approximate surface area is 152 Å². The van der Waals surface area contributed by atoms with E-state index in [9.17, 15) is 14.0 Å². The highest BCUT2D eigenvalue weighted by atomic mass is 19.1. The van der Waals surface area contributed by atoms with Crippen LogP contribution < -0.4 is 15.4 Å². The minimum atomic E-state index is -0.710. The summed E-state index contributed by atoms with van der Waals surface area (Å²) >= 11 is 0. The van der Waals surface area contributed by atoms with E-state index in [0.29, 0.717) is 12.1 Å². The van der Waals surface area contributed by atoms with E-state index in [1.165, 1.54) is 20.2 Å². The molecular weight excluding hydrogens is 337 g/mol. The van der Waals surface area contributed by atoms with Crippen molar-refractivity contribution < 1.29 is 18.7 Å². The molecule has 0 heterocycles. The SMILES string of the molecule is CNC(=O)NC(=O)[C@@H](c1ccccc1)N(C)Cc1ccc(OC)c(F)c1. The number of ether oxygens (including phenoxy) is 1. The number of hydrogen-bond donors (Lipinski definition) is 2. The Morgan fingerprint density at radius 3 is 2.46 bits per heavy atom. The Morgan fingerprint density at radius 2 is 1.88 bits per heavy atom. The van der Waals surface area contributed by atoms with Gasteiger partial charge in [0.25, 0.3) is 0 Å². The largest absolute Gasteiger partial charge is 0.494 e. The van der Waals surface area contributed by atoms with Gasteiger partial charge in [0.05, 0.1) is 7.11 Å². The monoisotopic (exact) mass is 359 g/mol. The summed E-state index contributed by atoms with van der Waals surface area (Å²) in [6, 6.07) is 12.4. The molecule has 0 spiro atoms. The summed E-state index contributed by atoms with van der Waals surface area (Å²) in [5.41, 5.74) is 1.41. The molecule has 2 aromatic rings. The van der Waals surface area contributed by atoms with Crippen LogP contribution in [0.5, 0.6) is 5.75 Å². The topological polar surface area (TPSA) is 70.7 Å². The summed E-state index contributed by atoms with van der Waals surface area (Å²) in [4.78, 5) is 25.9. The normalized spacial score (nSPS) is 11.7. The summed E-state index contributed by atoms with van der Waals surface area (Å²) in [7, 11) is 4.58. The highest BCUT2D eigenvalue weighted by Gasteiger charge is 2.26. The number of carbonyl (C=O) groups is 2. The zero-order chi connectivity index (χ0) is 19.1. The third-order valence-electron chi connectivity index (χ3n) is 3.92. The average molecular weight is 359 g/mol. The molecule has 26 heavy (non-hydrogen) atoms. The lowest BCUT2D eigenvalue weighted by molar-refractivity contribution is -0.125. The third-order valence-corrected chi connectivity index (χ3v) is 3.92. The van der Waals surface area contributed by atoms with Crippen LogP contribution in [-0.4, -0.2) is 38.0 Å². The summed E-state index contributed by atoms with van der Waals surface area (Å²) in [6.45, 7) is 0.307. The van der Waals surface area contributed by atoms with Gasteiger partial charge in [0.1, 0.15) is 6.04 Å². The maximum Gasteiger partial charge on any atom is 0.321 e. The molecule has 0 aliphatic heterocycles. The number of nitrogens with one attached hydrogen (secondary N) is 2. The van der Waals surface area contributed by atoms with Gasteiger partial charge < -0.3 is 10.1 Å². The van der Waals surface area contributed by atoms with Gasteiger partial charge in [-0.3, -0.25) is 15.0 Å². The first-order valence-corrected chi connectivity index (χ1v) is 8.06. The standard InChI is InChI=1S/C19H22FN3O3/c1-21-19(25)22-18(24)17(14-7-5-4-6-8-14)23(2)12-13-9-10-16(26-3)15(20)11-13/h4-11,17H,12H2,1-3H3,(H2,21,22,24,25)/t17-/m1/s1. The fourth-order valence-corrected chi connectivity index (χ4v) is 2.67. The van der Waals surface area contributed by atoms with Crippen LogP contribution in [0.15, 0.2) is 48.5 Å². The van der Waals surface area contributed by atoms with Gasteiger partial charge in [-0.1, -0.05) is 36.4 Å². The van der Waals surface area contributed by atoms with Gasteiger partial charge in [0, 0.05) is 13.6 Å². The molecule has 3 amide bonds. The first-order valence-electron chi connectivity index (χ1n) is 8.06. The van der Waals surface area contributed by atoms with Crippen molar-refractivity contribution in [2.45, 2.75) is 12.6 Å². The summed E-state index contributed by atoms with van der Waals surface area (Å²) in [6.07, 6.45) is 0. The molecule has 0 bridgehead atoms. The molecule has 0 saturated carbocycles. The van der Waals surface area contributed by atoms with Crippen LogP contribution in [0.25, 0.3) is 0 Å². The van der Waals surface area contributed by atoms with Crippen molar-refractivity contribution in [3.05, 3.63) is 65.5 Å². The number of nitrogens with zero attached hydrogens (tertiary/aromatic N) is 1. The molecule has 7 heteroatoms. The second kappa shape index (κ2) is 8.96. The van der Waals surface area contributed by atoms with Gasteiger partial charge in [-0.05, 0) is 30.3 Å². The van der Waals surface area contributed by atoms with E-state index >= 15 is 0 Å². The molecule has 1 atom stereocenters. The number of likely N-dealkylation sites (N-methyl/N-ethyl adjacent to an activating group) is 1. The molecule has 0 aromatic heterocycles. The molecule has 6 nitrogen and oxygen atoms in total. The summed E-state index contributed by atoms with van der Waals surface area (Å²) in [5.74, 6) is -0.773. The van der Waals surface area contributed by atoms with Crippen LogP contribution in [-0.2, 0) is 11.3 Å². The molecule has 0 aliphatic carbocycles. The molecule has 2 N–H and O–H groups in total. The maximum atomic E-state index is 13.9. The smallest absolute Gasteiger partial charge is 0.321 e. The Kier molecular flexibility index (Phi) is 6.68. The van der Waals surface area contributed by atoms with Gasteiger partial charge in [0.15, 0.2) is 11.6 Å². The molecule has 0 unspecified atom stereocenters. The summed E-state index contributed by atoms with van der Waals surface area (Å²) < 4.78 is 18.8. The number of imide groups is 1. The van der Waals surface area contributed by atoms with Crippen molar-refractivity contribution in [3.63, 3.8) is 0 Å². The second-order valence-corrected chi connectivity index (χ2v) is 5.77. The third kappa shape index (κ3) is 4.80. The molecule has 0 aliphatic rings. The van der Waals surface area contributed by atoms with Gasteiger partial charge in [-0.25, -0.2) is 9.18 Å². The molecular formula is C19H22FN3O3. The van der Waals surface area contributed by atoms with E-state index in [2.05, 4.69) is 10.6 Å². The minimum absolute atomic E-state index is 0.161. The van der Waals surface area contributed by atoms with Crippen molar-refractivity contribution >= 4 is 11.9 Å². The highest BCUT2D eigenvalue weighted by Crippen LogP contribution is 2.24. The van der Waals surface area contributed by atoms with E-state index in [-0.39, 0.29) is 5.75 Å². The number of carbonyl (C=O) groups excluding carboxylic acids is 2. The summed E-state index contributed by atoms with van der Waals surface area (Å²) in [5, 5.41) is 4.66. The van der Waals surface area contributed by atoms with Crippen molar-refractivity contribution in [1.82, 2.24) is 15.5 Å². The molecule has 2 aromatic carbocycles. The predicted octanol–water partition coefficient (Wildman–Crippen LogP) is 2.46. The van der Waals surface area contributed by atoms with Crippen LogP contribution in [0, 0.1) is 5.82 Å². The van der Waals surface area contributed by atoms with E-state index in [0.717, 1.165) is 5.56 Å². The molecule has 2 rings (SSSR count). The van der Waals surface area contributed by atoms with Crippen LogP contribution in [0.3, 0.4) is 0 Å². The lowest BCUT2D eigenvalue weighted by atomic mass is 10.0. The number of rotatable bonds is 6. The van der Waals surface area contributed by atoms with Crippen molar-refractivity contribution in [1.29, 1.82) is 0 Å². The van der Waals surface area contributed by atoms with Crippen LogP contribution in [0.2, 0.25) is 0 Å². The quantitative estimate of drug-likeness (QED) is 0.831. The molecule has 0 fully saturated rings. The fraction of sp³-hybridized carbons (Fsp3) is 0.263. The van der Waals surface area contributed by atoms with E-state index in [1.807, 2.05) is 18.2 Å². The fourth-order valence-electron chi connectivity index (χ4n) is 2.67. The van der Waals surface area contributed by atoms with Crippen molar-refractivity contribution in [2.24, 2.45) is 0 Å². The van der Waals surface area contributed by atoms with Gasteiger partial charge in [0.2, 0.25) is 5.91 Å². The zero-order valence-corrected chi connectivity index (χ0v) is 15.0. The lowest BCUT2D eigenvalue weighted by Gasteiger charge is -2.27. The second-order valence-electron chi connectivity index (χ2n) is 5.77. The highest BCUT2D eigenvalue weighted by molar-refractivity contribution is 5.97. The molecule has 0 saturated heterocycles. The Bertz CT molecular complexity index is 768. The zero-order valence-electron chi connectivity index (χ0n) is 15.0. The number of amides is 3. The van der Waals surface area contributed by atoms with Crippen LogP contribution in [0.1, 0.15) is 17.2 Å². The number of halogens is 1. The van der Waals surface area contributed by atoms with Gasteiger partial charge in [-0.2, -0.15) is 0 Å². The van der Waals surface area contributed by atoms with Crippen molar-refractivity contribution in [2.75, 3.05) is 21.2 Å². The predicted molar refractivity (Wildman–Crippen MR) is 96.2 cm³/mol. The number of methoxy groups -OCH3 is 1. The van der Waals surface area contributed by atoms with Gasteiger partial charge in [-0.15, -0.1) is 0 Å². The van der Waals surface area contributed by atoms with E-state index in [4.69, 9.17) is 4.74 Å². The average Bonchev–Trinajstić information content (AvgIpc) is 2.62.